The van der Waals surface area contributed by atoms with Crippen LogP contribution in [0.4, 0.5) is 0 Å². The summed E-state index contributed by atoms with van der Waals surface area (Å²) in [6.45, 7) is 0.943. The maximum absolute atomic E-state index is 12.5. The minimum absolute atomic E-state index is 0.0377. The Morgan fingerprint density at radius 1 is 1.13 bits per heavy atom. The Morgan fingerprint density at radius 2 is 1.94 bits per heavy atom. The topological polar surface area (TPSA) is 102 Å². The minimum atomic E-state index is -0.460. The quantitative estimate of drug-likeness (QED) is 0.459. The number of aromatic amines is 1. The van der Waals surface area contributed by atoms with Crippen molar-refractivity contribution >= 4 is 16.9 Å². The zero-order valence-electron chi connectivity index (χ0n) is 17.2. The molecular formula is C23H23N5O3. The SMILES string of the molecule is COc1cccc(CNC(=O)c2nc3cn(CCCc4ccccc4)nc3c(=O)[nH]2)c1. The lowest BCUT2D eigenvalue weighted by Gasteiger charge is -2.06. The average molecular weight is 417 g/mol. The highest BCUT2D eigenvalue weighted by Crippen LogP contribution is 2.12. The van der Waals surface area contributed by atoms with E-state index < -0.39 is 11.5 Å². The number of H-pyrrole nitrogens is 1. The summed E-state index contributed by atoms with van der Waals surface area (Å²) >= 11 is 0. The van der Waals surface area contributed by atoms with Crippen molar-refractivity contribution in [2.45, 2.75) is 25.9 Å². The van der Waals surface area contributed by atoms with Gasteiger partial charge in [-0.1, -0.05) is 42.5 Å². The number of carbonyl (C=O) groups excluding carboxylic acids is 1. The lowest BCUT2D eigenvalue weighted by Crippen LogP contribution is -2.27. The third kappa shape index (κ3) is 4.98. The van der Waals surface area contributed by atoms with Crippen LogP contribution in [0.1, 0.15) is 28.2 Å². The number of hydrogen-bond acceptors (Lipinski definition) is 5. The normalized spacial score (nSPS) is 10.9. The van der Waals surface area contributed by atoms with E-state index in [-0.39, 0.29) is 17.9 Å². The summed E-state index contributed by atoms with van der Waals surface area (Å²) in [5, 5.41) is 7.08. The second kappa shape index (κ2) is 9.25. The Bertz CT molecular complexity index is 1250. The molecule has 0 aliphatic rings. The second-order valence-corrected chi connectivity index (χ2v) is 7.16. The third-order valence-corrected chi connectivity index (χ3v) is 4.92. The summed E-state index contributed by atoms with van der Waals surface area (Å²) < 4.78 is 6.89. The van der Waals surface area contributed by atoms with Gasteiger partial charge in [0.1, 0.15) is 11.3 Å². The lowest BCUT2D eigenvalue weighted by atomic mass is 10.1. The zero-order valence-corrected chi connectivity index (χ0v) is 17.2. The fraction of sp³-hybridized carbons (Fsp3) is 0.217. The van der Waals surface area contributed by atoms with Crippen LogP contribution in [-0.2, 0) is 19.5 Å². The summed E-state index contributed by atoms with van der Waals surface area (Å²) in [6.07, 6.45) is 3.50. The van der Waals surface area contributed by atoms with E-state index in [4.69, 9.17) is 4.74 Å². The van der Waals surface area contributed by atoms with Gasteiger partial charge >= 0.3 is 0 Å². The highest BCUT2D eigenvalue weighted by Gasteiger charge is 2.14. The van der Waals surface area contributed by atoms with Crippen LogP contribution in [-0.4, -0.2) is 32.8 Å². The Hall–Kier alpha value is -3.94. The van der Waals surface area contributed by atoms with Crippen LogP contribution in [0.2, 0.25) is 0 Å². The molecule has 2 N–H and O–H groups in total. The van der Waals surface area contributed by atoms with Crippen molar-refractivity contribution in [3.8, 4) is 5.75 Å². The minimum Gasteiger partial charge on any atom is -0.497 e. The average Bonchev–Trinajstić information content (AvgIpc) is 3.22. The number of carbonyl (C=O) groups is 1. The molecule has 0 bridgehead atoms. The van der Waals surface area contributed by atoms with E-state index >= 15 is 0 Å². The molecule has 8 nitrogen and oxygen atoms in total. The van der Waals surface area contributed by atoms with Crippen LogP contribution >= 0.6 is 0 Å². The van der Waals surface area contributed by atoms with E-state index in [2.05, 4.69) is 32.5 Å². The Balaban J connectivity index is 1.42. The Kier molecular flexibility index (Phi) is 6.07. The highest BCUT2D eigenvalue weighted by molar-refractivity contribution is 5.92. The fourth-order valence-electron chi connectivity index (χ4n) is 3.33. The number of hydrogen-bond donors (Lipinski definition) is 2. The number of amides is 1. The van der Waals surface area contributed by atoms with Crippen molar-refractivity contribution in [1.82, 2.24) is 25.1 Å². The number of rotatable bonds is 8. The monoisotopic (exact) mass is 417 g/mol. The second-order valence-electron chi connectivity index (χ2n) is 7.16. The van der Waals surface area contributed by atoms with E-state index in [1.165, 1.54) is 5.56 Å². The van der Waals surface area contributed by atoms with Crippen molar-refractivity contribution in [3.63, 3.8) is 0 Å². The molecule has 0 fully saturated rings. The first kappa shape index (κ1) is 20.3. The van der Waals surface area contributed by atoms with Crippen molar-refractivity contribution < 1.29 is 9.53 Å². The van der Waals surface area contributed by atoms with Crippen LogP contribution in [0, 0.1) is 0 Å². The van der Waals surface area contributed by atoms with Gasteiger partial charge in [-0.3, -0.25) is 14.3 Å². The van der Waals surface area contributed by atoms with E-state index in [1.54, 1.807) is 18.0 Å². The predicted molar refractivity (Wildman–Crippen MR) is 117 cm³/mol. The van der Waals surface area contributed by atoms with E-state index in [9.17, 15) is 9.59 Å². The van der Waals surface area contributed by atoms with Gasteiger partial charge in [-0.05, 0) is 36.1 Å². The number of aryl methyl sites for hydroxylation is 2. The molecule has 4 rings (SSSR count). The third-order valence-electron chi connectivity index (χ3n) is 4.92. The first-order valence-corrected chi connectivity index (χ1v) is 10.0. The molecule has 2 aromatic carbocycles. The van der Waals surface area contributed by atoms with Gasteiger partial charge in [-0.25, -0.2) is 4.98 Å². The molecule has 2 heterocycles. The van der Waals surface area contributed by atoms with Gasteiger partial charge in [-0.2, -0.15) is 5.10 Å². The predicted octanol–water partition coefficient (Wildman–Crippen LogP) is 2.69. The molecular weight excluding hydrogens is 394 g/mol. The summed E-state index contributed by atoms with van der Waals surface area (Å²) in [6, 6.07) is 17.6. The summed E-state index contributed by atoms with van der Waals surface area (Å²) in [5.41, 5.74) is 2.32. The molecule has 0 unspecified atom stereocenters. The largest absolute Gasteiger partial charge is 0.497 e. The number of methoxy groups -OCH3 is 1. The van der Waals surface area contributed by atoms with Crippen molar-refractivity contribution in [2.24, 2.45) is 0 Å². The summed E-state index contributed by atoms with van der Waals surface area (Å²) in [7, 11) is 1.59. The fourth-order valence-corrected chi connectivity index (χ4v) is 3.33. The molecule has 31 heavy (non-hydrogen) atoms. The molecule has 0 radical (unpaired) electrons. The first-order chi connectivity index (χ1) is 15.1. The van der Waals surface area contributed by atoms with Crippen molar-refractivity contribution in [1.29, 1.82) is 0 Å². The van der Waals surface area contributed by atoms with Crippen molar-refractivity contribution in [2.75, 3.05) is 7.11 Å². The Labute approximate surface area is 178 Å². The van der Waals surface area contributed by atoms with Crippen molar-refractivity contribution in [3.05, 3.63) is 88.1 Å². The number of ether oxygens (including phenoxy) is 1. The van der Waals surface area contributed by atoms with E-state index in [0.29, 0.717) is 17.8 Å². The maximum Gasteiger partial charge on any atom is 0.287 e. The molecule has 8 heteroatoms. The van der Waals surface area contributed by atoms with Crippen LogP contribution in [0.5, 0.6) is 5.75 Å². The first-order valence-electron chi connectivity index (χ1n) is 10.0. The molecule has 1 amide bonds. The lowest BCUT2D eigenvalue weighted by molar-refractivity contribution is 0.0940. The molecule has 0 saturated heterocycles. The maximum atomic E-state index is 12.5. The van der Waals surface area contributed by atoms with Crippen LogP contribution in [0.25, 0.3) is 11.0 Å². The number of fused-ring (bicyclic) bond motifs is 1. The summed E-state index contributed by atoms with van der Waals surface area (Å²) in [5.74, 6) is 0.210. The number of nitrogens with one attached hydrogen (secondary N) is 2. The van der Waals surface area contributed by atoms with Gasteiger partial charge in [0.05, 0.1) is 13.3 Å². The smallest absolute Gasteiger partial charge is 0.287 e. The molecule has 0 aliphatic carbocycles. The van der Waals surface area contributed by atoms with Gasteiger partial charge in [-0.15, -0.1) is 0 Å². The molecule has 0 saturated carbocycles. The molecule has 158 valence electrons. The molecule has 0 spiro atoms. The summed E-state index contributed by atoms with van der Waals surface area (Å²) in [4.78, 5) is 31.7. The highest BCUT2D eigenvalue weighted by atomic mass is 16.5. The van der Waals surface area contributed by atoms with Gasteiger partial charge < -0.3 is 15.0 Å². The Morgan fingerprint density at radius 3 is 2.74 bits per heavy atom. The van der Waals surface area contributed by atoms with Gasteiger partial charge in [0.2, 0.25) is 0 Å². The number of benzene rings is 2. The number of nitrogens with zero attached hydrogens (tertiary/aromatic N) is 3. The molecule has 4 aromatic rings. The van der Waals surface area contributed by atoms with Crippen LogP contribution in [0.3, 0.4) is 0 Å². The molecule has 0 aliphatic heterocycles. The van der Waals surface area contributed by atoms with Crippen LogP contribution < -0.4 is 15.6 Å². The van der Waals surface area contributed by atoms with E-state index in [0.717, 1.165) is 18.4 Å². The van der Waals surface area contributed by atoms with Crippen LogP contribution in [0.15, 0.2) is 65.6 Å². The van der Waals surface area contributed by atoms with Gasteiger partial charge in [0.25, 0.3) is 11.5 Å². The standard InChI is InChI=1S/C23H23N5O3/c1-31-18-11-5-9-17(13-18)14-24-23(30)21-25-19-15-28(27-20(19)22(29)26-21)12-6-10-16-7-3-2-4-8-16/h2-5,7-9,11,13,15H,6,10,12,14H2,1H3,(H,24,30)(H,25,26,29). The number of aromatic nitrogens is 4. The van der Waals surface area contributed by atoms with E-state index in [1.807, 2.05) is 42.5 Å². The molecule has 0 atom stereocenters. The molecule has 2 aromatic heterocycles. The zero-order chi connectivity index (χ0) is 21.6. The van der Waals surface area contributed by atoms with Gasteiger partial charge in [0.15, 0.2) is 11.3 Å². The van der Waals surface area contributed by atoms with Gasteiger partial charge in [0, 0.05) is 13.1 Å².